The number of rotatable bonds is 2. The van der Waals surface area contributed by atoms with Crippen LogP contribution < -0.4 is 4.74 Å². The number of methoxy groups -OCH3 is 1. The minimum Gasteiger partial charge on any atom is -0.495 e. The van der Waals surface area contributed by atoms with Crippen molar-refractivity contribution in [2.24, 2.45) is 0 Å². The zero-order chi connectivity index (χ0) is 14.8. The SMILES string of the molecule is COc1c(I)cnc2c(-c3ccc(C#N)cc3)cncc12. The lowest BCUT2D eigenvalue weighted by atomic mass is 10.0. The Morgan fingerprint density at radius 3 is 2.57 bits per heavy atom. The number of benzene rings is 1. The summed E-state index contributed by atoms with van der Waals surface area (Å²) in [5.74, 6) is 0.781. The third-order valence-corrected chi connectivity index (χ3v) is 3.98. The smallest absolute Gasteiger partial charge is 0.144 e. The van der Waals surface area contributed by atoms with Crippen molar-refractivity contribution in [1.29, 1.82) is 5.26 Å². The van der Waals surface area contributed by atoms with E-state index in [1.165, 1.54) is 0 Å². The van der Waals surface area contributed by atoms with Gasteiger partial charge in [-0.15, -0.1) is 0 Å². The number of nitrogens with zero attached hydrogens (tertiary/aromatic N) is 3. The average Bonchev–Trinajstić information content (AvgIpc) is 2.54. The molecule has 0 fully saturated rings. The molecule has 2 heterocycles. The Hall–Kier alpha value is -2.20. The van der Waals surface area contributed by atoms with Crippen molar-refractivity contribution in [3.05, 3.63) is 52.0 Å². The molecule has 0 N–H and O–H groups in total. The minimum absolute atomic E-state index is 0.632. The van der Waals surface area contributed by atoms with Crippen molar-refractivity contribution < 1.29 is 4.74 Å². The number of pyridine rings is 2. The number of ether oxygens (including phenoxy) is 1. The van der Waals surface area contributed by atoms with Gasteiger partial charge in [-0.25, -0.2) is 0 Å². The van der Waals surface area contributed by atoms with Gasteiger partial charge in [0, 0.05) is 24.2 Å². The number of halogens is 1. The predicted molar refractivity (Wildman–Crippen MR) is 89.0 cm³/mol. The van der Waals surface area contributed by atoms with E-state index in [4.69, 9.17) is 10.00 Å². The van der Waals surface area contributed by atoms with Gasteiger partial charge < -0.3 is 4.74 Å². The van der Waals surface area contributed by atoms with Gasteiger partial charge in [-0.05, 0) is 40.3 Å². The van der Waals surface area contributed by atoms with E-state index in [1.807, 2.05) is 12.1 Å². The molecule has 0 aliphatic heterocycles. The van der Waals surface area contributed by atoms with E-state index in [-0.39, 0.29) is 0 Å². The van der Waals surface area contributed by atoms with Crippen LogP contribution in [0.25, 0.3) is 22.0 Å². The van der Waals surface area contributed by atoms with Crippen LogP contribution in [0.5, 0.6) is 5.75 Å². The number of aromatic nitrogens is 2. The first-order chi connectivity index (χ1) is 10.2. The fourth-order valence-electron chi connectivity index (χ4n) is 2.21. The number of nitriles is 1. The third kappa shape index (κ3) is 2.43. The molecule has 0 atom stereocenters. The van der Waals surface area contributed by atoms with Crippen LogP contribution in [0.15, 0.2) is 42.9 Å². The van der Waals surface area contributed by atoms with Crippen LogP contribution in [0.2, 0.25) is 0 Å². The Morgan fingerprint density at radius 1 is 1.14 bits per heavy atom. The lowest BCUT2D eigenvalue weighted by molar-refractivity contribution is 0.416. The van der Waals surface area contributed by atoms with Crippen LogP contribution in [0.1, 0.15) is 5.56 Å². The van der Waals surface area contributed by atoms with E-state index in [9.17, 15) is 0 Å². The number of fused-ring (bicyclic) bond motifs is 1. The number of hydrogen-bond donors (Lipinski definition) is 0. The van der Waals surface area contributed by atoms with E-state index >= 15 is 0 Å². The normalized spacial score (nSPS) is 10.3. The highest BCUT2D eigenvalue weighted by Crippen LogP contribution is 2.33. The molecule has 0 unspecified atom stereocenters. The van der Waals surface area contributed by atoms with E-state index in [0.717, 1.165) is 31.3 Å². The second kappa shape index (κ2) is 5.66. The van der Waals surface area contributed by atoms with Crippen LogP contribution in [0.4, 0.5) is 0 Å². The van der Waals surface area contributed by atoms with E-state index in [1.54, 1.807) is 37.8 Å². The molecule has 21 heavy (non-hydrogen) atoms. The van der Waals surface area contributed by atoms with Crippen LogP contribution in [-0.4, -0.2) is 17.1 Å². The Bertz CT molecular complexity index is 854. The molecule has 0 aliphatic rings. The first kappa shape index (κ1) is 13.8. The van der Waals surface area contributed by atoms with Gasteiger partial charge in [-0.1, -0.05) is 12.1 Å². The Labute approximate surface area is 135 Å². The topological polar surface area (TPSA) is 58.8 Å². The maximum absolute atomic E-state index is 8.88. The van der Waals surface area contributed by atoms with Crippen molar-refractivity contribution in [1.82, 2.24) is 9.97 Å². The Kier molecular flexibility index (Phi) is 3.71. The van der Waals surface area contributed by atoms with Crippen LogP contribution >= 0.6 is 22.6 Å². The molecule has 0 saturated heterocycles. The summed E-state index contributed by atoms with van der Waals surface area (Å²) < 4.78 is 6.40. The zero-order valence-electron chi connectivity index (χ0n) is 11.2. The maximum atomic E-state index is 8.88. The van der Waals surface area contributed by atoms with Crippen molar-refractivity contribution in [3.63, 3.8) is 0 Å². The monoisotopic (exact) mass is 387 g/mol. The molecule has 0 amide bonds. The highest BCUT2D eigenvalue weighted by atomic mass is 127. The molecule has 0 bridgehead atoms. The van der Waals surface area contributed by atoms with Crippen molar-refractivity contribution in [2.45, 2.75) is 0 Å². The van der Waals surface area contributed by atoms with Crippen molar-refractivity contribution in [3.8, 4) is 22.9 Å². The highest BCUT2D eigenvalue weighted by molar-refractivity contribution is 14.1. The summed E-state index contributed by atoms with van der Waals surface area (Å²) >= 11 is 2.19. The molecule has 4 nitrogen and oxygen atoms in total. The largest absolute Gasteiger partial charge is 0.495 e. The lowest BCUT2D eigenvalue weighted by Crippen LogP contribution is -1.94. The molecule has 0 aliphatic carbocycles. The second-order valence-corrected chi connectivity index (χ2v) is 5.57. The quantitative estimate of drug-likeness (QED) is 0.628. The van der Waals surface area contributed by atoms with Gasteiger partial charge in [0.2, 0.25) is 0 Å². The third-order valence-electron chi connectivity index (χ3n) is 3.22. The molecule has 3 aromatic rings. The molecule has 0 spiro atoms. The first-order valence-electron chi connectivity index (χ1n) is 6.21. The maximum Gasteiger partial charge on any atom is 0.144 e. The summed E-state index contributed by atoms with van der Waals surface area (Å²) in [6.45, 7) is 0. The summed E-state index contributed by atoms with van der Waals surface area (Å²) in [5, 5.41) is 9.76. The van der Waals surface area contributed by atoms with Gasteiger partial charge >= 0.3 is 0 Å². The second-order valence-electron chi connectivity index (χ2n) is 4.41. The van der Waals surface area contributed by atoms with Crippen LogP contribution in [-0.2, 0) is 0 Å². The molecule has 0 radical (unpaired) electrons. The van der Waals surface area contributed by atoms with Gasteiger partial charge in [0.15, 0.2) is 0 Å². The molecular weight excluding hydrogens is 377 g/mol. The van der Waals surface area contributed by atoms with Crippen molar-refractivity contribution >= 4 is 33.5 Å². The van der Waals surface area contributed by atoms with Gasteiger partial charge in [0.05, 0.1) is 33.2 Å². The molecule has 2 aromatic heterocycles. The summed E-state index contributed by atoms with van der Waals surface area (Å²) in [7, 11) is 1.64. The average molecular weight is 387 g/mol. The van der Waals surface area contributed by atoms with E-state index < -0.39 is 0 Å². The minimum atomic E-state index is 0.632. The predicted octanol–water partition coefficient (Wildman–Crippen LogP) is 3.78. The van der Waals surface area contributed by atoms with Gasteiger partial charge in [-0.2, -0.15) is 5.26 Å². The zero-order valence-corrected chi connectivity index (χ0v) is 13.3. The highest BCUT2D eigenvalue weighted by Gasteiger charge is 2.12. The molecule has 0 saturated carbocycles. The molecule has 5 heteroatoms. The molecule has 3 rings (SSSR count). The van der Waals surface area contributed by atoms with E-state index in [0.29, 0.717) is 5.56 Å². The number of hydrogen-bond acceptors (Lipinski definition) is 4. The van der Waals surface area contributed by atoms with Gasteiger partial charge in [0.1, 0.15) is 5.75 Å². The Morgan fingerprint density at radius 2 is 1.90 bits per heavy atom. The molecule has 102 valence electrons. The standard InChI is InChI=1S/C16H10IN3O/c1-21-16-13-8-19-7-12(15(13)20-9-14(16)17)11-4-2-10(6-18)3-5-11/h2-5,7-9H,1H3. The first-order valence-corrected chi connectivity index (χ1v) is 7.29. The summed E-state index contributed by atoms with van der Waals surface area (Å²) in [6.07, 6.45) is 5.33. The molecular formula is C16H10IN3O. The van der Waals surface area contributed by atoms with Gasteiger partial charge in [0.25, 0.3) is 0 Å². The van der Waals surface area contributed by atoms with Crippen LogP contribution in [0, 0.1) is 14.9 Å². The molecule has 1 aromatic carbocycles. The van der Waals surface area contributed by atoms with Crippen LogP contribution in [0.3, 0.4) is 0 Å². The lowest BCUT2D eigenvalue weighted by Gasteiger charge is -2.10. The summed E-state index contributed by atoms with van der Waals surface area (Å²) in [5.41, 5.74) is 3.37. The Balaban J connectivity index is 2.26. The summed E-state index contributed by atoms with van der Waals surface area (Å²) in [6, 6.07) is 9.50. The summed E-state index contributed by atoms with van der Waals surface area (Å²) in [4.78, 5) is 8.81. The fourth-order valence-corrected chi connectivity index (χ4v) is 2.86. The fraction of sp³-hybridized carbons (Fsp3) is 0.0625. The van der Waals surface area contributed by atoms with Gasteiger partial charge in [-0.3, -0.25) is 9.97 Å². The van der Waals surface area contributed by atoms with Crippen molar-refractivity contribution in [2.75, 3.05) is 7.11 Å². The van der Waals surface area contributed by atoms with E-state index in [2.05, 4.69) is 38.6 Å².